The van der Waals surface area contributed by atoms with Crippen LogP contribution in [0.3, 0.4) is 0 Å². The summed E-state index contributed by atoms with van der Waals surface area (Å²) in [5.74, 6) is 0.736. The number of aryl methyl sites for hydroxylation is 1. The minimum absolute atomic E-state index is 0.0877. The molecule has 39 heavy (non-hydrogen) atoms. The quantitative estimate of drug-likeness (QED) is 0.0854. The fraction of sp³-hybridized carbons (Fsp3) is 0.629. The number of carbonyl (C=O) groups excluding carboxylic acids is 1. The lowest BCUT2D eigenvalue weighted by atomic mass is 10.0. The van der Waals surface area contributed by atoms with Gasteiger partial charge in [-0.15, -0.1) is 0 Å². The van der Waals surface area contributed by atoms with Gasteiger partial charge in [-0.3, -0.25) is 4.79 Å². The average Bonchev–Trinajstić information content (AvgIpc) is 2.93. The molecule has 0 radical (unpaired) electrons. The van der Waals surface area contributed by atoms with Crippen LogP contribution in [0.5, 0.6) is 5.75 Å². The Hall–Kier alpha value is -2.33. The molecule has 218 valence electrons. The molecule has 0 fully saturated rings. The molecule has 0 aliphatic heterocycles. The predicted octanol–water partition coefficient (Wildman–Crippen LogP) is 8.76. The van der Waals surface area contributed by atoms with E-state index in [0.29, 0.717) is 19.6 Å². The fourth-order valence-electron chi connectivity index (χ4n) is 5.26. The van der Waals surface area contributed by atoms with E-state index >= 15 is 0 Å². The zero-order valence-electron chi connectivity index (χ0n) is 25.5. The normalized spacial score (nSPS) is 12.3. The molecule has 0 spiro atoms. The first-order valence-electron chi connectivity index (χ1n) is 15.7. The summed E-state index contributed by atoms with van der Waals surface area (Å²) in [4.78, 5) is 12.7. The summed E-state index contributed by atoms with van der Waals surface area (Å²) in [6.45, 7) is 6.98. The summed E-state index contributed by atoms with van der Waals surface area (Å²) in [6, 6.07) is 18.9. The zero-order chi connectivity index (χ0) is 28.2. The number of rotatable bonds is 22. The highest BCUT2D eigenvalue weighted by atomic mass is 16.5. The smallest absolute Gasteiger partial charge is 0.314 e. The highest BCUT2D eigenvalue weighted by Gasteiger charge is 2.27. The summed E-state index contributed by atoms with van der Waals surface area (Å²) >= 11 is 0. The van der Waals surface area contributed by atoms with E-state index in [1.165, 1.54) is 75.3 Å². The molecule has 0 aromatic heterocycles. The lowest BCUT2D eigenvalue weighted by Gasteiger charge is -2.32. The molecule has 2 aromatic carbocycles. The summed E-state index contributed by atoms with van der Waals surface area (Å²) < 4.78 is 12.4. The Bertz CT molecular complexity index is 896. The van der Waals surface area contributed by atoms with Gasteiger partial charge in [-0.2, -0.15) is 0 Å². The van der Waals surface area contributed by atoms with Crippen molar-refractivity contribution >= 4 is 5.97 Å². The highest BCUT2D eigenvalue weighted by Crippen LogP contribution is 2.18. The third-order valence-electron chi connectivity index (χ3n) is 7.51. The van der Waals surface area contributed by atoms with E-state index in [4.69, 9.17) is 9.47 Å². The van der Waals surface area contributed by atoms with E-state index in [1.807, 2.05) is 12.1 Å². The summed E-state index contributed by atoms with van der Waals surface area (Å²) in [5, 5.41) is 0. The molecule has 0 heterocycles. The number of hydrogen-bond acceptors (Lipinski definition) is 3. The van der Waals surface area contributed by atoms with Crippen molar-refractivity contribution in [3.63, 3.8) is 0 Å². The topological polar surface area (TPSA) is 35.5 Å². The first-order valence-corrected chi connectivity index (χ1v) is 15.7. The standard InChI is InChI=1S/C35H56NO3/c1-5-7-8-9-10-11-12-13-14-16-21-31-24-19-25-34(28-31)38-26-20-27-39-35(37)33(6-2)30-36(3,4)29-32-22-17-15-18-23-32/h15,17-19,22-25,28,33H,5-14,16,20-21,26-27,29-30H2,1-4H3/q+1. The van der Waals surface area contributed by atoms with Gasteiger partial charge in [0.2, 0.25) is 0 Å². The van der Waals surface area contributed by atoms with Gasteiger partial charge >= 0.3 is 5.97 Å². The number of unbranched alkanes of at least 4 members (excludes halogenated alkanes) is 9. The Balaban J connectivity index is 1.58. The first-order chi connectivity index (χ1) is 18.9. The van der Waals surface area contributed by atoms with Crippen molar-refractivity contribution in [1.29, 1.82) is 0 Å². The lowest BCUT2D eigenvalue weighted by Crippen LogP contribution is -2.44. The monoisotopic (exact) mass is 538 g/mol. The Morgan fingerprint density at radius 2 is 1.38 bits per heavy atom. The predicted molar refractivity (Wildman–Crippen MR) is 164 cm³/mol. The van der Waals surface area contributed by atoms with E-state index in [2.05, 4.69) is 70.4 Å². The zero-order valence-corrected chi connectivity index (χ0v) is 25.5. The molecule has 2 aromatic rings. The minimum Gasteiger partial charge on any atom is -0.493 e. The number of benzene rings is 2. The second kappa shape index (κ2) is 19.7. The number of carbonyl (C=O) groups is 1. The maximum Gasteiger partial charge on any atom is 0.314 e. The van der Waals surface area contributed by atoms with Crippen molar-refractivity contribution in [2.75, 3.05) is 33.9 Å². The largest absolute Gasteiger partial charge is 0.493 e. The van der Waals surface area contributed by atoms with Crippen LogP contribution in [0.25, 0.3) is 0 Å². The molecule has 0 saturated heterocycles. The Morgan fingerprint density at radius 1 is 0.744 bits per heavy atom. The molecular weight excluding hydrogens is 482 g/mol. The third kappa shape index (κ3) is 15.1. The second-order valence-electron chi connectivity index (χ2n) is 11.8. The first kappa shape index (κ1) is 32.9. The van der Waals surface area contributed by atoms with Crippen molar-refractivity contribution < 1.29 is 18.8 Å². The Morgan fingerprint density at radius 3 is 2.05 bits per heavy atom. The van der Waals surface area contributed by atoms with Crippen molar-refractivity contribution in [3.8, 4) is 5.75 Å². The maximum absolute atomic E-state index is 12.7. The Labute approximate surface area is 239 Å². The van der Waals surface area contributed by atoms with Crippen LogP contribution < -0.4 is 4.74 Å². The SMILES string of the molecule is CCCCCCCCCCCCc1cccc(OCCCOC(=O)C(CC)C[N+](C)(C)Cc2ccccc2)c1. The van der Waals surface area contributed by atoms with Gasteiger partial charge in [0.05, 0.1) is 33.9 Å². The number of ether oxygens (including phenoxy) is 2. The van der Waals surface area contributed by atoms with Crippen LogP contribution in [0, 0.1) is 5.92 Å². The van der Waals surface area contributed by atoms with Crippen molar-refractivity contribution in [2.24, 2.45) is 5.92 Å². The number of quaternary nitrogens is 1. The van der Waals surface area contributed by atoms with Crippen LogP contribution in [0.15, 0.2) is 54.6 Å². The molecule has 0 aliphatic carbocycles. The molecule has 4 heteroatoms. The van der Waals surface area contributed by atoms with E-state index in [9.17, 15) is 4.79 Å². The number of hydrogen-bond donors (Lipinski definition) is 0. The van der Waals surface area contributed by atoms with Gasteiger partial charge in [0.25, 0.3) is 0 Å². The van der Waals surface area contributed by atoms with Gasteiger partial charge in [-0.25, -0.2) is 0 Å². The van der Waals surface area contributed by atoms with Crippen LogP contribution in [0.1, 0.15) is 102 Å². The molecule has 1 unspecified atom stereocenters. The molecule has 2 rings (SSSR count). The maximum atomic E-state index is 12.7. The van der Waals surface area contributed by atoms with Crippen LogP contribution in [-0.4, -0.2) is 44.3 Å². The molecule has 1 atom stereocenters. The van der Waals surface area contributed by atoms with Crippen LogP contribution in [-0.2, 0) is 22.5 Å². The summed E-state index contributed by atoms with van der Waals surface area (Å²) in [5.41, 5.74) is 2.64. The van der Waals surface area contributed by atoms with Crippen LogP contribution in [0.2, 0.25) is 0 Å². The number of nitrogens with zero attached hydrogens (tertiary/aromatic N) is 1. The van der Waals surface area contributed by atoms with Gasteiger partial charge in [0.15, 0.2) is 0 Å². The third-order valence-corrected chi connectivity index (χ3v) is 7.51. The minimum atomic E-state index is -0.0906. The van der Waals surface area contributed by atoms with E-state index in [1.54, 1.807) is 0 Å². The summed E-state index contributed by atoms with van der Waals surface area (Å²) in [6.07, 6.45) is 16.2. The summed E-state index contributed by atoms with van der Waals surface area (Å²) in [7, 11) is 4.36. The van der Waals surface area contributed by atoms with Gasteiger partial charge in [0.1, 0.15) is 18.2 Å². The molecule has 4 nitrogen and oxygen atoms in total. The number of esters is 1. The van der Waals surface area contributed by atoms with Gasteiger partial charge in [-0.05, 0) is 37.0 Å². The second-order valence-corrected chi connectivity index (χ2v) is 11.8. The molecular formula is C35H56NO3+. The van der Waals surface area contributed by atoms with Gasteiger partial charge < -0.3 is 14.0 Å². The van der Waals surface area contributed by atoms with Crippen molar-refractivity contribution in [2.45, 2.75) is 104 Å². The molecule has 0 saturated carbocycles. The van der Waals surface area contributed by atoms with E-state index < -0.39 is 0 Å². The average molecular weight is 539 g/mol. The fourth-order valence-corrected chi connectivity index (χ4v) is 5.26. The Kier molecular flexibility index (Phi) is 16.6. The lowest BCUT2D eigenvalue weighted by molar-refractivity contribution is -0.906. The highest BCUT2D eigenvalue weighted by molar-refractivity contribution is 5.72. The van der Waals surface area contributed by atoms with Gasteiger partial charge in [0, 0.05) is 12.0 Å². The molecule has 0 amide bonds. The molecule has 0 aliphatic rings. The van der Waals surface area contributed by atoms with Crippen molar-refractivity contribution in [1.82, 2.24) is 0 Å². The van der Waals surface area contributed by atoms with Gasteiger partial charge in [-0.1, -0.05) is 114 Å². The van der Waals surface area contributed by atoms with Crippen molar-refractivity contribution in [3.05, 3.63) is 65.7 Å². The van der Waals surface area contributed by atoms with Crippen LogP contribution in [0.4, 0.5) is 0 Å². The van der Waals surface area contributed by atoms with Crippen LogP contribution >= 0.6 is 0 Å². The molecule has 0 N–H and O–H groups in total. The van der Waals surface area contributed by atoms with E-state index in [0.717, 1.165) is 36.2 Å². The van der Waals surface area contributed by atoms with E-state index in [-0.39, 0.29) is 11.9 Å². The molecule has 0 bridgehead atoms.